The van der Waals surface area contributed by atoms with Crippen molar-refractivity contribution in [2.24, 2.45) is 5.73 Å². The number of fused-ring (bicyclic) bond motifs is 1. The van der Waals surface area contributed by atoms with Crippen LogP contribution >= 0.6 is 11.3 Å². The molecular formula is C18H16N2O2S. The van der Waals surface area contributed by atoms with Crippen LogP contribution in [-0.4, -0.2) is 18.4 Å². The van der Waals surface area contributed by atoms with Gasteiger partial charge in [-0.15, -0.1) is 11.3 Å². The first kappa shape index (κ1) is 15.2. The first-order chi connectivity index (χ1) is 11.1. The van der Waals surface area contributed by atoms with Crippen molar-refractivity contribution in [3.8, 4) is 11.1 Å². The standard InChI is InChI=1S/C18H16N2O2S/c1-2-22-18(21)12-6-3-5-11(9-12)13-7-4-8-15-14(13)10-16(23-15)17(19)20/h3-10H,2H2,1H3,(H3,19,20). The smallest absolute Gasteiger partial charge is 0.338 e. The molecule has 0 aliphatic heterocycles. The predicted octanol–water partition coefficient (Wildman–Crippen LogP) is 4.03. The Morgan fingerprint density at radius 2 is 2.00 bits per heavy atom. The van der Waals surface area contributed by atoms with Crippen LogP contribution in [0.2, 0.25) is 0 Å². The third-order valence-electron chi connectivity index (χ3n) is 3.51. The van der Waals surface area contributed by atoms with E-state index in [4.69, 9.17) is 15.9 Å². The lowest BCUT2D eigenvalue weighted by atomic mass is 10.00. The first-order valence-corrected chi connectivity index (χ1v) is 8.06. The Labute approximate surface area is 138 Å². The fraction of sp³-hybridized carbons (Fsp3) is 0.111. The second-order valence-electron chi connectivity index (χ2n) is 5.04. The summed E-state index contributed by atoms with van der Waals surface area (Å²) in [6.45, 7) is 2.14. The van der Waals surface area contributed by atoms with E-state index in [0.29, 0.717) is 12.2 Å². The monoisotopic (exact) mass is 324 g/mol. The van der Waals surface area contributed by atoms with E-state index in [1.807, 2.05) is 42.5 Å². The average Bonchev–Trinajstić information content (AvgIpc) is 2.99. The Morgan fingerprint density at radius 3 is 2.74 bits per heavy atom. The lowest BCUT2D eigenvalue weighted by Crippen LogP contribution is -2.08. The number of rotatable bonds is 4. The maximum Gasteiger partial charge on any atom is 0.338 e. The van der Waals surface area contributed by atoms with Gasteiger partial charge in [-0.3, -0.25) is 5.41 Å². The fourth-order valence-corrected chi connectivity index (χ4v) is 3.42. The largest absolute Gasteiger partial charge is 0.462 e. The third-order valence-corrected chi connectivity index (χ3v) is 4.65. The molecule has 23 heavy (non-hydrogen) atoms. The van der Waals surface area contributed by atoms with Crippen molar-refractivity contribution in [2.75, 3.05) is 6.61 Å². The highest BCUT2D eigenvalue weighted by Crippen LogP contribution is 2.34. The summed E-state index contributed by atoms with van der Waals surface area (Å²) in [5, 5.41) is 8.64. The Balaban J connectivity index is 2.11. The number of ether oxygens (including phenoxy) is 1. The third kappa shape index (κ3) is 2.96. The summed E-state index contributed by atoms with van der Waals surface area (Å²) in [5.74, 6) is -0.256. The molecule has 116 valence electrons. The van der Waals surface area contributed by atoms with Crippen LogP contribution in [0, 0.1) is 5.41 Å². The van der Waals surface area contributed by atoms with E-state index in [9.17, 15) is 4.79 Å². The van der Waals surface area contributed by atoms with Crippen LogP contribution in [0.3, 0.4) is 0 Å². The normalized spacial score (nSPS) is 10.7. The molecule has 3 N–H and O–H groups in total. The molecule has 5 heteroatoms. The molecule has 0 aliphatic rings. The molecule has 0 unspecified atom stereocenters. The van der Waals surface area contributed by atoms with Crippen LogP contribution in [0.25, 0.3) is 21.2 Å². The van der Waals surface area contributed by atoms with Gasteiger partial charge in [-0.2, -0.15) is 0 Å². The van der Waals surface area contributed by atoms with Crippen molar-refractivity contribution in [1.82, 2.24) is 0 Å². The minimum Gasteiger partial charge on any atom is -0.462 e. The van der Waals surface area contributed by atoms with Gasteiger partial charge < -0.3 is 10.5 Å². The van der Waals surface area contributed by atoms with Gasteiger partial charge in [0.1, 0.15) is 5.84 Å². The van der Waals surface area contributed by atoms with E-state index in [1.54, 1.807) is 13.0 Å². The second kappa shape index (κ2) is 6.22. The van der Waals surface area contributed by atoms with Crippen molar-refractivity contribution in [1.29, 1.82) is 5.41 Å². The highest BCUT2D eigenvalue weighted by molar-refractivity contribution is 7.20. The molecule has 3 aromatic rings. The number of benzene rings is 2. The summed E-state index contributed by atoms with van der Waals surface area (Å²) in [4.78, 5) is 12.7. The van der Waals surface area contributed by atoms with Crippen LogP contribution in [-0.2, 0) is 4.74 Å². The van der Waals surface area contributed by atoms with Crippen LogP contribution in [0.15, 0.2) is 48.5 Å². The molecule has 0 amide bonds. The van der Waals surface area contributed by atoms with E-state index >= 15 is 0 Å². The summed E-state index contributed by atoms with van der Waals surface area (Å²) in [5.41, 5.74) is 8.08. The van der Waals surface area contributed by atoms with E-state index in [-0.39, 0.29) is 11.8 Å². The lowest BCUT2D eigenvalue weighted by molar-refractivity contribution is 0.0526. The summed E-state index contributed by atoms with van der Waals surface area (Å²) in [7, 11) is 0. The molecule has 1 heterocycles. The number of esters is 1. The van der Waals surface area contributed by atoms with E-state index in [1.165, 1.54) is 11.3 Å². The van der Waals surface area contributed by atoms with Crippen molar-refractivity contribution in [2.45, 2.75) is 6.92 Å². The topological polar surface area (TPSA) is 76.2 Å². The molecule has 0 radical (unpaired) electrons. The quantitative estimate of drug-likeness (QED) is 0.432. The Hall–Kier alpha value is -2.66. The van der Waals surface area contributed by atoms with Crippen LogP contribution in [0.5, 0.6) is 0 Å². The Morgan fingerprint density at radius 1 is 1.22 bits per heavy atom. The summed E-state index contributed by atoms with van der Waals surface area (Å²) >= 11 is 1.49. The van der Waals surface area contributed by atoms with Gasteiger partial charge in [0.25, 0.3) is 0 Å². The number of carbonyl (C=O) groups excluding carboxylic acids is 1. The molecule has 0 atom stereocenters. The minimum absolute atomic E-state index is 0.0671. The number of nitrogens with two attached hydrogens (primary N) is 1. The van der Waals surface area contributed by atoms with Gasteiger partial charge in [0.15, 0.2) is 0 Å². The second-order valence-corrected chi connectivity index (χ2v) is 6.13. The molecule has 0 spiro atoms. The van der Waals surface area contributed by atoms with Gasteiger partial charge in [0.05, 0.1) is 17.0 Å². The summed E-state index contributed by atoms with van der Waals surface area (Å²) in [6, 6.07) is 15.3. The summed E-state index contributed by atoms with van der Waals surface area (Å²) in [6.07, 6.45) is 0. The molecule has 1 aromatic heterocycles. The van der Waals surface area contributed by atoms with Gasteiger partial charge in [-0.25, -0.2) is 4.79 Å². The molecular weight excluding hydrogens is 308 g/mol. The molecule has 0 saturated heterocycles. The molecule has 2 aromatic carbocycles. The maximum atomic E-state index is 11.9. The molecule has 3 rings (SSSR count). The number of hydrogen-bond donors (Lipinski definition) is 2. The number of amidine groups is 1. The zero-order valence-electron chi connectivity index (χ0n) is 12.6. The average molecular weight is 324 g/mol. The molecule has 0 aliphatic carbocycles. The van der Waals surface area contributed by atoms with Crippen molar-refractivity contribution >= 4 is 33.2 Å². The fourth-order valence-electron chi connectivity index (χ4n) is 2.47. The van der Waals surface area contributed by atoms with Crippen LogP contribution in [0.4, 0.5) is 0 Å². The lowest BCUT2D eigenvalue weighted by Gasteiger charge is -2.06. The SMILES string of the molecule is CCOC(=O)c1cccc(-c2cccc3sc(C(=N)N)cc23)c1. The highest BCUT2D eigenvalue weighted by atomic mass is 32.1. The summed E-state index contributed by atoms with van der Waals surface area (Å²) < 4.78 is 6.12. The van der Waals surface area contributed by atoms with Gasteiger partial charge in [0.2, 0.25) is 0 Å². The number of nitrogens with one attached hydrogen (secondary N) is 1. The van der Waals surface area contributed by atoms with E-state index in [2.05, 4.69) is 0 Å². The molecule has 0 saturated carbocycles. The molecule has 4 nitrogen and oxygen atoms in total. The van der Waals surface area contributed by atoms with Crippen LogP contribution in [0.1, 0.15) is 22.2 Å². The number of hydrogen-bond acceptors (Lipinski definition) is 4. The van der Waals surface area contributed by atoms with E-state index in [0.717, 1.165) is 26.1 Å². The van der Waals surface area contributed by atoms with Gasteiger partial charge >= 0.3 is 5.97 Å². The van der Waals surface area contributed by atoms with Crippen molar-refractivity contribution in [3.05, 3.63) is 59.0 Å². The van der Waals surface area contributed by atoms with Crippen molar-refractivity contribution in [3.63, 3.8) is 0 Å². The van der Waals surface area contributed by atoms with Crippen LogP contribution < -0.4 is 5.73 Å². The zero-order chi connectivity index (χ0) is 16.4. The minimum atomic E-state index is -0.323. The molecule has 0 bridgehead atoms. The van der Waals surface area contributed by atoms with Crippen molar-refractivity contribution < 1.29 is 9.53 Å². The predicted molar refractivity (Wildman–Crippen MR) is 94.2 cm³/mol. The maximum absolute atomic E-state index is 11.9. The number of thiophene rings is 1. The Bertz CT molecular complexity index is 899. The van der Waals surface area contributed by atoms with Gasteiger partial charge in [-0.1, -0.05) is 24.3 Å². The van der Waals surface area contributed by atoms with E-state index < -0.39 is 0 Å². The number of carbonyl (C=O) groups is 1. The highest BCUT2D eigenvalue weighted by Gasteiger charge is 2.12. The first-order valence-electron chi connectivity index (χ1n) is 7.24. The van der Waals surface area contributed by atoms with Gasteiger partial charge in [0, 0.05) is 10.1 Å². The molecule has 0 fully saturated rings. The Kier molecular flexibility index (Phi) is 4.12. The zero-order valence-corrected chi connectivity index (χ0v) is 13.4. The number of nitrogen functional groups attached to an aromatic ring is 1. The van der Waals surface area contributed by atoms with Gasteiger partial charge in [-0.05, 0) is 42.3 Å².